The minimum absolute atomic E-state index is 0.0612. The average molecular weight is 225 g/mol. The number of aryl methyl sites for hydroxylation is 1. The summed E-state index contributed by atoms with van der Waals surface area (Å²) >= 11 is 0. The number of carbonyl (C=O) groups excluding carboxylic acids is 1. The van der Waals surface area contributed by atoms with E-state index < -0.39 is 0 Å². The van der Waals surface area contributed by atoms with E-state index in [1.54, 1.807) is 16.6 Å². The first-order valence-electron chi connectivity index (χ1n) is 5.18. The Balaban J connectivity index is 2.42. The number of aromatic amines is 1. The molecule has 1 aromatic heterocycles. The topological polar surface area (TPSA) is 67.3 Å². The fourth-order valence-electron chi connectivity index (χ4n) is 2.31. The van der Waals surface area contributed by atoms with Gasteiger partial charge in [-0.25, -0.2) is 4.79 Å². The van der Waals surface area contributed by atoms with E-state index in [2.05, 4.69) is 5.10 Å². The predicted molar refractivity (Wildman–Crippen MR) is 57.3 cm³/mol. The van der Waals surface area contributed by atoms with Crippen molar-refractivity contribution in [2.75, 3.05) is 13.7 Å². The monoisotopic (exact) mass is 225 g/mol. The quantitative estimate of drug-likeness (QED) is 0.695. The van der Waals surface area contributed by atoms with Gasteiger partial charge >= 0.3 is 6.09 Å². The lowest BCUT2D eigenvalue weighted by Crippen LogP contribution is -2.40. The van der Waals surface area contributed by atoms with Gasteiger partial charge in [0.1, 0.15) is 0 Å². The maximum absolute atomic E-state index is 11.6. The molecule has 1 unspecified atom stereocenters. The van der Waals surface area contributed by atoms with Gasteiger partial charge in [0.2, 0.25) is 0 Å². The summed E-state index contributed by atoms with van der Waals surface area (Å²) in [6.45, 7) is 2.41. The highest BCUT2D eigenvalue weighted by Crippen LogP contribution is 2.27. The molecule has 1 amide bonds. The number of hydrogen-bond donors (Lipinski definition) is 1. The van der Waals surface area contributed by atoms with Gasteiger partial charge < -0.3 is 4.74 Å². The maximum atomic E-state index is 11.6. The van der Waals surface area contributed by atoms with Gasteiger partial charge in [0.05, 0.1) is 18.8 Å². The zero-order chi connectivity index (χ0) is 11.9. The summed E-state index contributed by atoms with van der Waals surface area (Å²) in [5.74, 6) is 0. The van der Waals surface area contributed by atoms with Gasteiger partial charge in [-0.05, 0) is 13.3 Å². The summed E-state index contributed by atoms with van der Waals surface area (Å²) in [6.07, 6.45) is 0.220. The van der Waals surface area contributed by atoms with Crippen LogP contribution >= 0.6 is 0 Å². The van der Waals surface area contributed by atoms with E-state index in [1.165, 1.54) is 7.11 Å². The largest absolute Gasteiger partial charge is 0.453 e. The lowest BCUT2D eigenvalue weighted by molar-refractivity contribution is 0.103. The zero-order valence-corrected chi connectivity index (χ0v) is 9.61. The van der Waals surface area contributed by atoms with Crippen molar-refractivity contribution < 1.29 is 9.53 Å². The molecule has 0 aliphatic carbocycles. The molecule has 88 valence electrons. The van der Waals surface area contributed by atoms with Gasteiger partial charge in [-0.15, -0.1) is 0 Å². The van der Waals surface area contributed by atoms with Gasteiger partial charge in [-0.2, -0.15) is 0 Å². The Hall–Kier alpha value is -1.72. The molecule has 2 heterocycles. The highest BCUT2D eigenvalue weighted by atomic mass is 16.5. The van der Waals surface area contributed by atoms with Crippen LogP contribution in [0, 0.1) is 0 Å². The SMILES string of the molecule is COC(=O)N1CCc2c(n(C)[nH]c2=O)C1C. The van der Waals surface area contributed by atoms with Crippen LogP contribution in [0.5, 0.6) is 0 Å². The van der Waals surface area contributed by atoms with Gasteiger partial charge in [-0.1, -0.05) is 0 Å². The number of amides is 1. The molecule has 6 heteroatoms. The van der Waals surface area contributed by atoms with Crippen molar-refractivity contribution in [3.8, 4) is 0 Å². The molecule has 1 aliphatic rings. The van der Waals surface area contributed by atoms with Crippen LogP contribution in [0.25, 0.3) is 0 Å². The molecule has 0 saturated carbocycles. The lowest BCUT2D eigenvalue weighted by atomic mass is 10.0. The van der Waals surface area contributed by atoms with E-state index in [9.17, 15) is 9.59 Å². The molecule has 1 atom stereocenters. The van der Waals surface area contributed by atoms with E-state index in [4.69, 9.17) is 4.74 Å². The Morgan fingerprint density at radius 1 is 1.56 bits per heavy atom. The molecule has 1 N–H and O–H groups in total. The Kier molecular flexibility index (Phi) is 2.49. The highest BCUT2D eigenvalue weighted by molar-refractivity contribution is 5.68. The summed E-state index contributed by atoms with van der Waals surface area (Å²) in [5.41, 5.74) is 1.57. The Morgan fingerprint density at radius 3 is 2.88 bits per heavy atom. The van der Waals surface area contributed by atoms with Crippen LogP contribution in [-0.2, 0) is 18.2 Å². The van der Waals surface area contributed by atoms with Crippen LogP contribution in [0.1, 0.15) is 24.2 Å². The summed E-state index contributed by atoms with van der Waals surface area (Å²) < 4.78 is 6.39. The van der Waals surface area contributed by atoms with Crippen molar-refractivity contribution in [2.24, 2.45) is 7.05 Å². The zero-order valence-electron chi connectivity index (χ0n) is 9.61. The normalized spacial score (nSPS) is 19.4. The Bertz CT molecular complexity index is 474. The molecule has 16 heavy (non-hydrogen) atoms. The summed E-state index contributed by atoms with van der Waals surface area (Å²) in [7, 11) is 3.14. The second-order valence-electron chi connectivity index (χ2n) is 3.95. The molecule has 0 radical (unpaired) electrons. The average Bonchev–Trinajstić information content (AvgIpc) is 2.54. The number of aromatic nitrogens is 2. The predicted octanol–water partition coefficient (Wildman–Crippen LogP) is 0.399. The number of ether oxygens (including phenoxy) is 1. The van der Waals surface area contributed by atoms with E-state index in [0.717, 1.165) is 11.3 Å². The van der Waals surface area contributed by atoms with Gasteiger partial charge in [0, 0.05) is 19.2 Å². The smallest absolute Gasteiger partial charge is 0.410 e. The fourth-order valence-corrected chi connectivity index (χ4v) is 2.31. The molecule has 0 bridgehead atoms. The minimum Gasteiger partial charge on any atom is -0.453 e. The van der Waals surface area contributed by atoms with Gasteiger partial charge in [0.15, 0.2) is 0 Å². The molecule has 1 aromatic rings. The maximum Gasteiger partial charge on any atom is 0.410 e. The van der Waals surface area contributed by atoms with Crippen molar-refractivity contribution in [1.29, 1.82) is 0 Å². The molecule has 0 saturated heterocycles. The van der Waals surface area contributed by atoms with Gasteiger partial charge in [-0.3, -0.25) is 19.5 Å². The molecule has 2 rings (SSSR count). The summed E-state index contributed by atoms with van der Waals surface area (Å²) in [6, 6.07) is -0.139. The number of carbonyl (C=O) groups is 1. The van der Waals surface area contributed by atoms with Crippen LogP contribution in [-0.4, -0.2) is 34.4 Å². The first-order valence-corrected chi connectivity index (χ1v) is 5.18. The third-order valence-corrected chi connectivity index (χ3v) is 3.09. The fraction of sp³-hybridized carbons (Fsp3) is 0.600. The van der Waals surface area contributed by atoms with E-state index in [-0.39, 0.29) is 17.7 Å². The van der Waals surface area contributed by atoms with E-state index >= 15 is 0 Å². The number of methoxy groups -OCH3 is 1. The number of H-pyrrole nitrogens is 1. The molecular weight excluding hydrogens is 210 g/mol. The minimum atomic E-state index is -0.355. The van der Waals surface area contributed by atoms with Crippen LogP contribution in [0.15, 0.2) is 4.79 Å². The van der Waals surface area contributed by atoms with Crippen molar-refractivity contribution in [2.45, 2.75) is 19.4 Å². The number of hydrogen-bond acceptors (Lipinski definition) is 3. The number of nitrogens with one attached hydrogen (secondary N) is 1. The Labute approximate surface area is 92.8 Å². The lowest BCUT2D eigenvalue weighted by Gasteiger charge is -2.32. The third-order valence-electron chi connectivity index (χ3n) is 3.09. The van der Waals surface area contributed by atoms with Crippen molar-refractivity contribution in [3.63, 3.8) is 0 Å². The number of rotatable bonds is 0. The van der Waals surface area contributed by atoms with E-state index in [0.29, 0.717) is 13.0 Å². The summed E-state index contributed by atoms with van der Waals surface area (Å²) in [4.78, 5) is 24.7. The second-order valence-corrected chi connectivity index (χ2v) is 3.95. The van der Waals surface area contributed by atoms with E-state index in [1.807, 2.05) is 6.92 Å². The molecule has 0 spiro atoms. The molecular formula is C10H15N3O3. The van der Waals surface area contributed by atoms with Crippen molar-refractivity contribution in [3.05, 3.63) is 21.6 Å². The van der Waals surface area contributed by atoms with Crippen LogP contribution in [0.3, 0.4) is 0 Å². The van der Waals surface area contributed by atoms with Crippen LogP contribution in [0.4, 0.5) is 4.79 Å². The third kappa shape index (κ3) is 1.41. The van der Waals surface area contributed by atoms with Crippen LogP contribution in [0.2, 0.25) is 0 Å². The number of fused-ring (bicyclic) bond motifs is 1. The standard InChI is InChI=1S/C10H15N3O3/c1-6-8-7(9(14)11-12(8)2)4-5-13(6)10(15)16-3/h6H,4-5H2,1-3H3,(H,11,14). The molecule has 0 aromatic carbocycles. The first-order chi connectivity index (χ1) is 7.56. The Morgan fingerprint density at radius 2 is 2.25 bits per heavy atom. The van der Waals surface area contributed by atoms with Crippen molar-refractivity contribution in [1.82, 2.24) is 14.7 Å². The second kappa shape index (κ2) is 3.70. The molecule has 6 nitrogen and oxygen atoms in total. The number of nitrogens with zero attached hydrogens (tertiary/aromatic N) is 2. The molecule has 0 fully saturated rings. The summed E-state index contributed by atoms with van der Waals surface area (Å²) in [5, 5.41) is 2.71. The van der Waals surface area contributed by atoms with Crippen LogP contribution < -0.4 is 5.56 Å². The van der Waals surface area contributed by atoms with Crippen molar-refractivity contribution >= 4 is 6.09 Å². The first kappa shape index (κ1) is 10.8. The highest BCUT2D eigenvalue weighted by Gasteiger charge is 2.32. The van der Waals surface area contributed by atoms with Gasteiger partial charge in [0.25, 0.3) is 5.56 Å². The molecule has 1 aliphatic heterocycles.